The number of hydrogen-bond acceptors (Lipinski definition) is 2. The number of ether oxygens (including phenoxy) is 2. The van der Waals surface area contributed by atoms with Crippen molar-refractivity contribution in [3.8, 4) is 0 Å². The molecule has 0 aromatic rings. The number of rotatable bonds is 1. The lowest BCUT2D eigenvalue weighted by atomic mass is 10.3. The summed E-state index contributed by atoms with van der Waals surface area (Å²) in [7, 11) is 1.58. The predicted octanol–water partition coefficient (Wildman–Crippen LogP) is 0.976. The van der Waals surface area contributed by atoms with E-state index in [1.807, 2.05) is 0 Å². The minimum atomic E-state index is 0.566. The number of hydrogen-bond donors (Lipinski definition) is 0. The fourth-order valence-corrected chi connectivity index (χ4v) is 0.526. The molecule has 0 aromatic heterocycles. The van der Waals surface area contributed by atoms with E-state index >= 15 is 0 Å². The zero-order chi connectivity index (χ0) is 5.82. The van der Waals surface area contributed by atoms with Crippen molar-refractivity contribution in [3.05, 3.63) is 18.4 Å². The molecule has 1 rings (SSSR count). The van der Waals surface area contributed by atoms with Crippen molar-refractivity contribution in [3.63, 3.8) is 0 Å². The fraction of sp³-hybridized carbons (Fsp3) is 0.500. The van der Waals surface area contributed by atoms with Crippen LogP contribution in [0.5, 0.6) is 0 Å². The maximum absolute atomic E-state index is 5.00. The summed E-state index contributed by atoms with van der Waals surface area (Å²) in [6.07, 6.45) is 5.55. The Balaban J connectivity index is 2.37. The molecule has 0 saturated carbocycles. The molecule has 0 N–H and O–H groups in total. The van der Waals surface area contributed by atoms with Gasteiger partial charge < -0.3 is 9.47 Å². The van der Waals surface area contributed by atoms with E-state index in [0.717, 1.165) is 6.42 Å². The van der Waals surface area contributed by atoms with Gasteiger partial charge in [0, 0.05) is 12.5 Å². The molecule has 1 heterocycles. The van der Waals surface area contributed by atoms with Crippen molar-refractivity contribution in [1.82, 2.24) is 0 Å². The molecule has 0 spiro atoms. The highest BCUT2D eigenvalue weighted by Gasteiger charge is 2.01. The van der Waals surface area contributed by atoms with Gasteiger partial charge in [-0.15, -0.1) is 0 Å². The van der Waals surface area contributed by atoms with Crippen LogP contribution in [0.15, 0.2) is 12.0 Å². The second kappa shape index (κ2) is 2.60. The average Bonchev–Trinajstić information content (AvgIpc) is 1.90. The quantitative estimate of drug-likeness (QED) is 0.503. The average molecular weight is 112 g/mol. The first kappa shape index (κ1) is 5.48. The van der Waals surface area contributed by atoms with E-state index in [0.29, 0.717) is 12.6 Å². The molecule has 1 aliphatic heterocycles. The van der Waals surface area contributed by atoms with Crippen LogP contribution in [0.1, 0.15) is 6.42 Å². The van der Waals surface area contributed by atoms with Crippen molar-refractivity contribution < 1.29 is 9.47 Å². The van der Waals surface area contributed by atoms with Crippen molar-refractivity contribution in [1.29, 1.82) is 0 Å². The van der Waals surface area contributed by atoms with Gasteiger partial charge in [-0.05, 0) is 6.42 Å². The van der Waals surface area contributed by atoms with Gasteiger partial charge in [-0.25, -0.2) is 0 Å². The van der Waals surface area contributed by atoms with Gasteiger partial charge in [0.25, 0.3) is 5.95 Å². The lowest BCUT2D eigenvalue weighted by Gasteiger charge is -2.11. The summed E-state index contributed by atoms with van der Waals surface area (Å²) < 4.78 is 9.77. The Morgan fingerprint density at radius 1 is 1.88 bits per heavy atom. The zero-order valence-electron chi connectivity index (χ0n) is 4.81. The minimum absolute atomic E-state index is 0.566. The molecule has 0 amide bonds. The van der Waals surface area contributed by atoms with Crippen LogP contribution < -0.4 is 0 Å². The maximum atomic E-state index is 5.00. The summed E-state index contributed by atoms with van der Waals surface area (Å²) in [5.74, 6) is 0.566. The molecule has 0 bridgehead atoms. The summed E-state index contributed by atoms with van der Waals surface area (Å²) in [6, 6.07) is 0. The number of methoxy groups -OCH3 is 1. The smallest absolute Gasteiger partial charge is 0.275 e. The minimum Gasteiger partial charge on any atom is -0.469 e. The largest absolute Gasteiger partial charge is 0.469 e. The van der Waals surface area contributed by atoms with Gasteiger partial charge in [0.1, 0.15) is 0 Å². The third-order valence-electron chi connectivity index (χ3n) is 0.912. The second-order valence-electron chi connectivity index (χ2n) is 1.47. The SMILES string of the molecule is COC1=C[C]CCO1. The van der Waals surface area contributed by atoms with E-state index in [1.54, 1.807) is 13.2 Å². The van der Waals surface area contributed by atoms with Gasteiger partial charge in [-0.1, -0.05) is 0 Å². The van der Waals surface area contributed by atoms with Crippen LogP contribution in [0.4, 0.5) is 0 Å². The Morgan fingerprint density at radius 2 is 2.75 bits per heavy atom. The van der Waals surface area contributed by atoms with E-state index in [1.165, 1.54) is 0 Å². The van der Waals surface area contributed by atoms with Gasteiger partial charge in [0.05, 0.1) is 13.7 Å². The first-order chi connectivity index (χ1) is 3.93. The molecule has 8 heavy (non-hydrogen) atoms. The normalized spacial score (nSPS) is 18.9. The van der Waals surface area contributed by atoms with Crippen LogP contribution in [0, 0.1) is 6.42 Å². The van der Waals surface area contributed by atoms with Crippen LogP contribution in [-0.4, -0.2) is 13.7 Å². The van der Waals surface area contributed by atoms with Gasteiger partial charge in [-0.3, -0.25) is 0 Å². The van der Waals surface area contributed by atoms with E-state index in [2.05, 4.69) is 6.42 Å². The van der Waals surface area contributed by atoms with Crippen molar-refractivity contribution in [2.24, 2.45) is 0 Å². The highest BCUT2D eigenvalue weighted by atomic mass is 16.7. The highest BCUT2D eigenvalue weighted by Crippen LogP contribution is 2.07. The van der Waals surface area contributed by atoms with Crippen LogP contribution in [0.2, 0.25) is 0 Å². The van der Waals surface area contributed by atoms with Gasteiger partial charge in [0.2, 0.25) is 0 Å². The predicted molar refractivity (Wildman–Crippen MR) is 28.9 cm³/mol. The van der Waals surface area contributed by atoms with Crippen LogP contribution >= 0.6 is 0 Å². The first-order valence-corrected chi connectivity index (χ1v) is 2.54. The summed E-state index contributed by atoms with van der Waals surface area (Å²) in [6.45, 7) is 0.694. The summed E-state index contributed by atoms with van der Waals surface area (Å²) >= 11 is 0. The summed E-state index contributed by atoms with van der Waals surface area (Å²) in [5.41, 5.74) is 0. The van der Waals surface area contributed by atoms with Gasteiger partial charge in [-0.2, -0.15) is 0 Å². The van der Waals surface area contributed by atoms with Crippen LogP contribution in [0.3, 0.4) is 0 Å². The fourth-order valence-electron chi connectivity index (χ4n) is 0.526. The Kier molecular flexibility index (Phi) is 1.78. The molecule has 2 nitrogen and oxygen atoms in total. The third kappa shape index (κ3) is 1.15. The summed E-state index contributed by atoms with van der Waals surface area (Å²) in [5, 5.41) is 0. The Bertz CT molecular complexity index is 96.7. The Labute approximate surface area is 49.1 Å². The van der Waals surface area contributed by atoms with Crippen LogP contribution in [-0.2, 0) is 9.47 Å². The van der Waals surface area contributed by atoms with E-state index in [4.69, 9.17) is 9.47 Å². The lowest BCUT2D eigenvalue weighted by Crippen LogP contribution is -2.02. The third-order valence-corrected chi connectivity index (χ3v) is 0.912. The number of allylic oxidation sites excluding steroid dienone is 1. The molecule has 2 radical (unpaired) electrons. The standard InChI is InChI=1S/C6H8O2/c1-7-6-4-2-3-5-8-6/h4H,3,5H2,1H3. The van der Waals surface area contributed by atoms with Crippen molar-refractivity contribution in [2.75, 3.05) is 13.7 Å². The van der Waals surface area contributed by atoms with E-state index < -0.39 is 0 Å². The molecule has 0 fully saturated rings. The molecule has 1 aliphatic rings. The summed E-state index contributed by atoms with van der Waals surface area (Å²) in [4.78, 5) is 0. The topological polar surface area (TPSA) is 18.5 Å². The first-order valence-electron chi connectivity index (χ1n) is 2.54. The second-order valence-corrected chi connectivity index (χ2v) is 1.47. The molecule has 0 atom stereocenters. The maximum Gasteiger partial charge on any atom is 0.275 e. The molecule has 0 unspecified atom stereocenters. The molecule has 0 aliphatic carbocycles. The molecular formula is C6H8O2. The van der Waals surface area contributed by atoms with Gasteiger partial charge in [0.15, 0.2) is 0 Å². The molecule has 0 aromatic carbocycles. The van der Waals surface area contributed by atoms with E-state index in [9.17, 15) is 0 Å². The van der Waals surface area contributed by atoms with Crippen LogP contribution in [0.25, 0.3) is 0 Å². The molecule has 2 heteroatoms. The molecule has 44 valence electrons. The lowest BCUT2D eigenvalue weighted by molar-refractivity contribution is 0.0563. The molecule has 0 saturated heterocycles. The molecular weight excluding hydrogens is 104 g/mol. The Hall–Kier alpha value is -0.660. The monoisotopic (exact) mass is 112 g/mol. The Morgan fingerprint density at radius 3 is 3.12 bits per heavy atom. The van der Waals surface area contributed by atoms with E-state index in [-0.39, 0.29) is 0 Å². The van der Waals surface area contributed by atoms with Crippen molar-refractivity contribution in [2.45, 2.75) is 6.42 Å². The highest BCUT2D eigenvalue weighted by molar-refractivity contribution is 4.99. The van der Waals surface area contributed by atoms with Crippen molar-refractivity contribution >= 4 is 0 Å². The zero-order valence-corrected chi connectivity index (χ0v) is 4.81. The van der Waals surface area contributed by atoms with Gasteiger partial charge >= 0.3 is 0 Å².